The average Bonchev–Trinajstić information content (AvgIpc) is 2.58. The molecule has 0 aliphatic heterocycles. The topological polar surface area (TPSA) is 49.3 Å². The van der Waals surface area contributed by atoms with E-state index in [1.54, 1.807) is 12.1 Å². The van der Waals surface area contributed by atoms with Crippen molar-refractivity contribution in [2.45, 2.75) is 18.7 Å². The molecule has 0 aromatic heterocycles. The Hall–Kier alpha value is -2.18. The maximum absolute atomic E-state index is 12.6. The van der Waals surface area contributed by atoms with Crippen molar-refractivity contribution < 1.29 is 23.1 Å². The number of ketones is 1. The highest BCUT2D eigenvalue weighted by Gasteiger charge is 2.30. The lowest BCUT2D eigenvalue weighted by Gasteiger charge is -2.12. The zero-order valence-corrected chi connectivity index (χ0v) is 12.9. The molecule has 0 saturated carbocycles. The van der Waals surface area contributed by atoms with E-state index in [1.807, 2.05) is 18.2 Å². The summed E-state index contributed by atoms with van der Waals surface area (Å²) in [5.74, 6) is -0.372. The van der Waals surface area contributed by atoms with Crippen LogP contribution in [0.15, 0.2) is 54.6 Å². The second-order valence-corrected chi connectivity index (χ2v) is 5.38. The van der Waals surface area contributed by atoms with Gasteiger partial charge in [0.25, 0.3) is 0 Å². The normalized spacial score (nSPS) is 12.8. The molecule has 0 radical (unpaired) electrons. The lowest BCUT2D eigenvalue weighted by atomic mass is 10.0. The highest BCUT2D eigenvalue weighted by atomic mass is 19.4. The molecule has 0 aliphatic carbocycles. The van der Waals surface area contributed by atoms with Crippen molar-refractivity contribution in [2.75, 3.05) is 13.1 Å². The van der Waals surface area contributed by atoms with Crippen LogP contribution in [0.25, 0.3) is 0 Å². The molecule has 6 heteroatoms. The van der Waals surface area contributed by atoms with E-state index in [1.165, 1.54) is 12.1 Å². The average molecular weight is 337 g/mol. The van der Waals surface area contributed by atoms with Gasteiger partial charge >= 0.3 is 6.18 Å². The van der Waals surface area contributed by atoms with Crippen LogP contribution in [0, 0.1) is 0 Å². The molecular weight excluding hydrogens is 319 g/mol. The van der Waals surface area contributed by atoms with Gasteiger partial charge in [0, 0.05) is 25.1 Å². The third-order valence-corrected chi connectivity index (χ3v) is 3.56. The first-order valence-electron chi connectivity index (χ1n) is 7.52. The zero-order valence-electron chi connectivity index (χ0n) is 12.9. The Balaban J connectivity index is 1.81. The summed E-state index contributed by atoms with van der Waals surface area (Å²) >= 11 is 0. The van der Waals surface area contributed by atoms with Crippen LogP contribution in [0.1, 0.15) is 34.0 Å². The van der Waals surface area contributed by atoms with Crippen LogP contribution in [0.5, 0.6) is 0 Å². The van der Waals surface area contributed by atoms with E-state index < -0.39 is 17.8 Å². The number of carbonyl (C=O) groups excluding carboxylic acids is 1. The molecule has 0 heterocycles. The van der Waals surface area contributed by atoms with E-state index in [0.717, 1.165) is 17.7 Å². The van der Waals surface area contributed by atoms with Crippen LogP contribution in [0.4, 0.5) is 13.2 Å². The van der Waals surface area contributed by atoms with E-state index in [2.05, 4.69) is 5.32 Å². The molecule has 0 saturated heterocycles. The van der Waals surface area contributed by atoms with Crippen LogP contribution in [-0.4, -0.2) is 24.0 Å². The maximum atomic E-state index is 12.6. The van der Waals surface area contributed by atoms with Crippen LogP contribution >= 0.6 is 0 Å². The number of nitrogens with one attached hydrogen (secondary N) is 1. The molecule has 0 amide bonds. The monoisotopic (exact) mass is 337 g/mol. The minimum atomic E-state index is -4.46. The number of aliphatic hydroxyl groups excluding tert-OH is 1. The Kier molecular flexibility index (Phi) is 6.11. The minimum absolute atomic E-state index is 0.0373. The van der Waals surface area contributed by atoms with Gasteiger partial charge in [0.15, 0.2) is 5.78 Å². The van der Waals surface area contributed by atoms with E-state index >= 15 is 0 Å². The van der Waals surface area contributed by atoms with Crippen molar-refractivity contribution in [3.63, 3.8) is 0 Å². The molecule has 2 aromatic carbocycles. The Morgan fingerprint density at radius 2 is 1.79 bits per heavy atom. The molecule has 0 bridgehead atoms. The van der Waals surface area contributed by atoms with Crippen molar-refractivity contribution >= 4 is 5.78 Å². The second-order valence-electron chi connectivity index (χ2n) is 5.38. The SMILES string of the molecule is O=C(CCNCC(O)c1ccccc1)c1cccc(C(F)(F)F)c1. The summed E-state index contributed by atoms with van der Waals surface area (Å²) in [4.78, 5) is 12.0. The molecule has 1 unspecified atom stereocenters. The van der Waals surface area contributed by atoms with Crippen molar-refractivity contribution in [2.24, 2.45) is 0 Å². The van der Waals surface area contributed by atoms with Gasteiger partial charge in [-0.2, -0.15) is 13.2 Å². The molecule has 1 atom stereocenters. The Morgan fingerprint density at radius 3 is 2.46 bits per heavy atom. The highest BCUT2D eigenvalue weighted by Crippen LogP contribution is 2.29. The lowest BCUT2D eigenvalue weighted by Crippen LogP contribution is -2.24. The number of halogens is 3. The molecule has 0 spiro atoms. The van der Waals surface area contributed by atoms with Gasteiger partial charge in [-0.15, -0.1) is 0 Å². The number of carbonyl (C=O) groups is 1. The first-order valence-corrected chi connectivity index (χ1v) is 7.52. The van der Waals surface area contributed by atoms with Crippen molar-refractivity contribution in [3.05, 3.63) is 71.3 Å². The summed E-state index contributed by atoms with van der Waals surface area (Å²) in [6.45, 7) is 0.541. The molecule has 2 rings (SSSR count). The van der Waals surface area contributed by atoms with Gasteiger partial charge in [0.1, 0.15) is 0 Å². The molecule has 2 aromatic rings. The van der Waals surface area contributed by atoms with Gasteiger partial charge in [-0.3, -0.25) is 4.79 Å². The molecular formula is C18H18F3NO2. The fourth-order valence-electron chi connectivity index (χ4n) is 2.25. The van der Waals surface area contributed by atoms with Crippen LogP contribution in [0.2, 0.25) is 0 Å². The first kappa shape index (κ1) is 18.2. The number of hydrogen-bond donors (Lipinski definition) is 2. The third-order valence-electron chi connectivity index (χ3n) is 3.56. The van der Waals surface area contributed by atoms with Gasteiger partial charge in [0.2, 0.25) is 0 Å². The van der Waals surface area contributed by atoms with Crippen molar-refractivity contribution in [3.8, 4) is 0 Å². The van der Waals surface area contributed by atoms with Crippen molar-refractivity contribution in [1.82, 2.24) is 5.32 Å². The minimum Gasteiger partial charge on any atom is -0.387 e. The quantitative estimate of drug-likeness (QED) is 0.599. The Bertz CT molecular complexity index is 671. The predicted molar refractivity (Wildman–Crippen MR) is 84.7 cm³/mol. The van der Waals surface area contributed by atoms with Gasteiger partial charge in [0.05, 0.1) is 11.7 Å². The largest absolute Gasteiger partial charge is 0.416 e. The molecule has 0 aliphatic rings. The van der Waals surface area contributed by atoms with Gasteiger partial charge in [-0.25, -0.2) is 0 Å². The molecule has 128 valence electrons. The summed E-state index contributed by atoms with van der Waals surface area (Å²) in [5, 5.41) is 12.9. The first-order chi connectivity index (χ1) is 11.4. The van der Waals surface area contributed by atoms with E-state index in [-0.39, 0.29) is 30.9 Å². The number of benzene rings is 2. The van der Waals surface area contributed by atoms with Crippen LogP contribution in [-0.2, 0) is 6.18 Å². The molecule has 0 fully saturated rings. The van der Waals surface area contributed by atoms with Gasteiger partial charge < -0.3 is 10.4 Å². The van der Waals surface area contributed by atoms with Crippen LogP contribution < -0.4 is 5.32 Å². The Labute approximate surface area is 138 Å². The fourth-order valence-corrected chi connectivity index (χ4v) is 2.25. The summed E-state index contributed by atoms with van der Waals surface area (Å²) in [6.07, 6.45) is -5.10. The summed E-state index contributed by atoms with van der Waals surface area (Å²) in [6, 6.07) is 13.5. The number of alkyl halides is 3. The summed E-state index contributed by atoms with van der Waals surface area (Å²) in [7, 11) is 0. The Morgan fingerprint density at radius 1 is 1.08 bits per heavy atom. The third kappa shape index (κ3) is 5.18. The highest BCUT2D eigenvalue weighted by molar-refractivity contribution is 5.96. The lowest BCUT2D eigenvalue weighted by molar-refractivity contribution is -0.137. The summed E-state index contributed by atoms with van der Waals surface area (Å²) in [5.41, 5.74) is -0.0368. The number of aliphatic hydroxyl groups is 1. The number of hydrogen-bond acceptors (Lipinski definition) is 3. The number of rotatable bonds is 7. The standard InChI is InChI=1S/C18H18F3NO2/c19-18(20,21)15-8-4-7-14(11-15)16(23)9-10-22-12-17(24)13-5-2-1-3-6-13/h1-8,11,17,22,24H,9-10,12H2. The van der Waals surface area contributed by atoms with E-state index in [9.17, 15) is 23.1 Å². The molecule has 3 nitrogen and oxygen atoms in total. The maximum Gasteiger partial charge on any atom is 0.416 e. The van der Waals surface area contributed by atoms with Crippen molar-refractivity contribution in [1.29, 1.82) is 0 Å². The van der Waals surface area contributed by atoms with Crippen LogP contribution in [0.3, 0.4) is 0 Å². The zero-order chi connectivity index (χ0) is 17.6. The van der Waals surface area contributed by atoms with Gasteiger partial charge in [-0.1, -0.05) is 42.5 Å². The number of Topliss-reactive ketones (excluding diaryl/α,β-unsaturated/α-hetero) is 1. The van der Waals surface area contributed by atoms with E-state index in [4.69, 9.17) is 0 Å². The summed E-state index contributed by atoms with van der Waals surface area (Å²) < 4.78 is 37.9. The second kappa shape index (κ2) is 8.08. The fraction of sp³-hybridized carbons (Fsp3) is 0.278. The smallest absolute Gasteiger partial charge is 0.387 e. The molecule has 2 N–H and O–H groups in total. The predicted octanol–water partition coefficient (Wildman–Crippen LogP) is 3.60. The van der Waals surface area contributed by atoms with E-state index in [0.29, 0.717) is 0 Å². The molecule has 24 heavy (non-hydrogen) atoms. The van der Waals surface area contributed by atoms with Gasteiger partial charge in [-0.05, 0) is 17.7 Å².